The monoisotopic (exact) mass is 488 g/mol. The van der Waals surface area contributed by atoms with Crippen LogP contribution in [0.3, 0.4) is 0 Å². The fourth-order valence-corrected chi connectivity index (χ4v) is 6.13. The molecule has 2 saturated carbocycles. The Bertz CT molecular complexity index is 733. The summed E-state index contributed by atoms with van der Waals surface area (Å²) in [4.78, 5) is 12.6. The van der Waals surface area contributed by atoms with Crippen molar-refractivity contribution in [3.63, 3.8) is 0 Å². The van der Waals surface area contributed by atoms with Gasteiger partial charge in [-0.05, 0) is 80.9 Å². The number of esters is 1. The predicted molar refractivity (Wildman–Crippen MR) is 141 cm³/mol. The Kier molecular flexibility index (Phi) is 12.4. The molecule has 1 aromatic carbocycles. The summed E-state index contributed by atoms with van der Waals surface area (Å²) in [6.07, 6.45) is 21.5. The van der Waals surface area contributed by atoms with Crippen molar-refractivity contribution >= 4 is 5.97 Å². The van der Waals surface area contributed by atoms with Gasteiger partial charge < -0.3 is 9.47 Å². The highest BCUT2D eigenvalue weighted by molar-refractivity contribution is 5.89. The SMILES string of the molecule is CCCCCCCCC1CCC(C2CCC(OC(=O)c3ccc(OCCCC)c(F)c3)CC2)CC1. The minimum Gasteiger partial charge on any atom is -0.491 e. The predicted octanol–water partition coefficient (Wildman–Crippen LogP) is 9.28. The summed E-state index contributed by atoms with van der Waals surface area (Å²) in [5.41, 5.74) is 0.274. The number of benzene rings is 1. The van der Waals surface area contributed by atoms with E-state index in [1.165, 1.54) is 76.7 Å². The molecule has 0 aliphatic heterocycles. The summed E-state index contributed by atoms with van der Waals surface area (Å²) in [7, 11) is 0. The van der Waals surface area contributed by atoms with E-state index in [2.05, 4.69) is 13.8 Å². The fourth-order valence-electron chi connectivity index (χ4n) is 6.13. The molecule has 3 nitrogen and oxygen atoms in total. The number of rotatable bonds is 14. The number of ether oxygens (including phenoxy) is 2. The highest BCUT2D eigenvalue weighted by Crippen LogP contribution is 2.41. The van der Waals surface area contributed by atoms with Crippen molar-refractivity contribution in [2.45, 2.75) is 129 Å². The topological polar surface area (TPSA) is 35.5 Å². The van der Waals surface area contributed by atoms with Gasteiger partial charge in [-0.15, -0.1) is 0 Å². The fraction of sp³-hybridized carbons (Fsp3) is 0.774. The van der Waals surface area contributed by atoms with E-state index in [1.54, 1.807) is 12.1 Å². The molecular formula is C31H49FO3. The van der Waals surface area contributed by atoms with Crippen LogP contribution in [0.25, 0.3) is 0 Å². The second-order valence-electron chi connectivity index (χ2n) is 11.1. The Hall–Kier alpha value is -1.58. The summed E-state index contributed by atoms with van der Waals surface area (Å²) < 4.78 is 25.5. The third-order valence-corrected chi connectivity index (χ3v) is 8.44. The van der Waals surface area contributed by atoms with Crippen molar-refractivity contribution in [3.8, 4) is 5.75 Å². The molecule has 0 bridgehead atoms. The van der Waals surface area contributed by atoms with Crippen molar-refractivity contribution in [3.05, 3.63) is 29.6 Å². The highest BCUT2D eigenvalue weighted by Gasteiger charge is 2.32. The van der Waals surface area contributed by atoms with Crippen LogP contribution in [-0.4, -0.2) is 18.7 Å². The first-order valence-electron chi connectivity index (χ1n) is 14.7. The first kappa shape index (κ1) is 28.0. The van der Waals surface area contributed by atoms with Gasteiger partial charge in [0.15, 0.2) is 11.6 Å². The molecule has 2 aliphatic carbocycles. The lowest BCUT2D eigenvalue weighted by Gasteiger charge is -2.37. The Morgan fingerprint density at radius 3 is 2.11 bits per heavy atom. The van der Waals surface area contributed by atoms with E-state index in [4.69, 9.17) is 9.47 Å². The Labute approximate surface area is 213 Å². The van der Waals surface area contributed by atoms with Gasteiger partial charge in [0.1, 0.15) is 6.10 Å². The molecule has 0 amide bonds. The van der Waals surface area contributed by atoms with Crippen LogP contribution in [0, 0.1) is 23.6 Å². The van der Waals surface area contributed by atoms with Crippen LogP contribution in [0.1, 0.15) is 133 Å². The largest absolute Gasteiger partial charge is 0.491 e. The molecule has 0 saturated heterocycles. The summed E-state index contributed by atoms with van der Waals surface area (Å²) in [6, 6.07) is 4.40. The molecule has 35 heavy (non-hydrogen) atoms. The van der Waals surface area contributed by atoms with Gasteiger partial charge in [-0.3, -0.25) is 0 Å². The van der Waals surface area contributed by atoms with Crippen molar-refractivity contribution in [1.29, 1.82) is 0 Å². The second kappa shape index (κ2) is 15.5. The lowest BCUT2D eigenvalue weighted by molar-refractivity contribution is 0.0109. The molecule has 0 spiro atoms. The first-order valence-corrected chi connectivity index (χ1v) is 14.7. The molecule has 2 aliphatic rings. The van der Waals surface area contributed by atoms with E-state index in [-0.39, 0.29) is 17.4 Å². The van der Waals surface area contributed by atoms with Gasteiger partial charge in [0, 0.05) is 0 Å². The average Bonchev–Trinajstić information content (AvgIpc) is 2.88. The molecule has 0 heterocycles. The van der Waals surface area contributed by atoms with Crippen LogP contribution in [0.5, 0.6) is 5.75 Å². The molecule has 0 aromatic heterocycles. The smallest absolute Gasteiger partial charge is 0.338 e. The zero-order chi connectivity index (χ0) is 24.9. The molecule has 0 atom stereocenters. The Balaban J connectivity index is 1.32. The van der Waals surface area contributed by atoms with E-state index < -0.39 is 11.8 Å². The summed E-state index contributed by atoms with van der Waals surface area (Å²) in [6.45, 7) is 4.83. The standard InChI is InChI=1S/C31H49FO3/c1-3-5-7-8-9-10-11-24-12-14-25(15-13-24)26-16-19-28(20-17-26)35-31(33)27-18-21-30(29(32)23-27)34-22-6-4-2/h18,21,23-26,28H,3-17,19-20,22H2,1-2H3. The number of halogens is 1. The summed E-state index contributed by atoms with van der Waals surface area (Å²) in [5, 5.41) is 0. The van der Waals surface area contributed by atoms with Gasteiger partial charge in [0.05, 0.1) is 12.2 Å². The quantitative estimate of drug-likeness (QED) is 0.193. The van der Waals surface area contributed by atoms with Gasteiger partial charge in [-0.2, -0.15) is 0 Å². The average molecular weight is 489 g/mol. The van der Waals surface area contributed by atoms with E-state index in [9.17, 15) is 9.18 Å². The lowest BCUT2D eigenvalue weighted by atomic mass is 9.70. The van der Waals surface area contributed by atoms with Crippen LogP contribution in [0.4, 0.5) is 4.39 Å². The Morgan fingerprint density at radius 2 is 1.46 bits per heavy atom. The van der Waals surface area contributed by atoms with Crippen LogP contribution in [-0.2, 0) is 4.74 Å². The number of carbonyl (C=O) groups is 1. The zero-order valence-electron chi connectivity index (χ0n) is 22.4. The highest BCUT2D eigenvalue weighted by atomic mass is 19.1. The maximum Gasteiger partial charge on any atom is 0.338 e. The second-order valence-corrected chi connectivity index (χ2v) is 11.1. The van der Waals surface area contributed by atoms with Crippen LogP contribution >= 0.6 is 0 Å². The van der Waals surface area contributed by atoms with Gasteiger partial charge in [0.25, 0.3) is 0 Å². The van der Waals surface area contributed by atoms with E-state index >= 15 is 0 Å². The lowest BCUT2D eigenvalue weighted by Crippen LogP contribution is -2.29. The van der Waals surface area contributed by atoms with Gasteiger partial charge >= 0.3 is 5.97 Å². The van der Waals surface area contributed by atoms with Crippen molar-refractivity contribution in [2.24, 2.45) is 17.8 Å². The summed E-state index contributed by atoms with van der Waals surface area (Å²) in [5.74, 6) is 1.91. The minimum atomic E-state index is -0.494. The van der Waals surface area contributed by atoms with Gasteiger partial charge in [-0.25, -0.2) is 9.18 Å². The third-order valence-electron chi connectivity index (χ3n) is 8.44. The Morgan fingerprint density at radius 1 is 0.829 bits per heavy atom. The van der Waals surface area contributed by atoms with E-state index in [0.717, 1.165) is 56.3 Å². The molecule has 0 N–H and O–H groups in total. The van der Waals surface area contributed by atoms with Crippen molar-refractivity contribution in [2.75, 3.05) is 6.61 Å². The molecule has 1 aromatic rings. The number of unbranched alkanes of at least 4 members (excludes halogenated alkanes) is 6. The molecule has 4 heteroatoms. The first-order chi connectivity index (χ1) is 17.1. The zero-order valence-corrected chi connectivity index (χ0v) is 22.4. The molecule has 0 radical (unpaired) electrons. The van der Waals surface area contributed by atoms with E-state index in [0.29, 0.717) is 6.61 Å². The maximum atomic E-state index is 14.3. The number of carbonyl (C=O) groups excluding carboxylic acids is 1. The normalized spacial score (nSPS) is 24.8. The molecule has 3 rings (SSSR count). The number of hydrogen-bond donors (Lipinski definition) is 0. The van der Waals surface area contributed by atoms with Crippen LogP contribution in [0.2, 0.25) is 0 Å². The van der Waals surface area contributed by atoms with Gasteiger partial charge in [-0.1, -0.05) is 78.1 Å². The molecular weight excluding hydrogens is 439 g/mol. The third kappa shape index (κ3) is 9.42. The maximum absolute atomic E-state index is 14.3. The van der Waals surface area contributed by atoms with Crippen LogP contribution in [0.15, 0.2) is 18.2 Å². The molecule has 0 unspecified atom stereocenters. The minimum absolute atomic E-state index is 0.0358. The number of hydrogen-bond acceptors (Lipinski definition) is 3. The van der Waals surface area contributed by atoms with Gasteiger partial charge in [0.2, 0.25) is 0 Å². The van der Waals surface area contributed by atoms with Crippen molar-refractivity contribution < 1.29 is 18.7 Å². The molecule has 2 fully saturated rings. The summed E-state index contributed by atoms with van der Waals surface area (Å²) >= 11 is 0. The van der Waals surface area contributed by atoms with E-state index in [1.807, 2.05) is 0 Å². The van der Waals surface area contributed by atoms with Crippen molar-refractivity contribution in [1.82, 2.24) is 0 Å². The molecule has 198 valence electrons. The van der Waals surface area contributed by atoms with Crippen LogP contribution < -0.4 is 4.74 Å².